The Hall–Kier alpha value is -0.330. The Balaban J connectivity index is 1.94. The number of hydrogen-bond donors (Lipinski definition) is 0. The van der Waals surface area contributed by atoms with Crippen molar-refractivity contribution in [2.24, 2.45) is 28.1 Å². The first-order valence-corrected chi connectivity index (χ1v) is 7.60. The molecule has 17 heavy (non-hydrogen) atoms. The molecule has 5 fully saturated rings. The van der Waals surface area contributed by atoms with Gasteiger partial charge in [0.1, 0.15) is 5.78 Å². The van der Waals surface area contributed by atoms with E-state index in [9.17, 15) is 4.79 Å². The summed E-state index contributed by atoms with van der Waals surface area (Å²) in [6, 6.07) is 0. The molecule has 0 aliphatic heterocycles. The molecule has 1 nitrogen and oxygen atoms in total. The summed E-state index contributed by atoms with van der Waals surface area (Å²) in [5, 5.41) is 0. The molecule has 94 valence electrons. The Bertz CT molecular complexity index is 400. The highest BCUT2D eigenvalue weighted by atomic mass is 16.1. The van der Waals surface area contributed by atoms with Crippen LogP contribution in [0.4, 0.5) is 0 Å². The van der Waals surface area contributed by atoms with E-state index in [-0.39, 0.29) is 10.8 Å². The third kappa shape index (κ3) is 0.880. The normalized spacial score (nSPS) is 60.5. The summed E-state index contributed by atoms with van der Waals surface area (Å²) in [4.78, 5) is 13.1. The number of Topliss-reactive ketones (excluding diaryl/α,β-unsaturated/α-hetero) is 1. The number of fused-ring (bicyclic) bond motifs is 1. The smallest absolute Gasteiger partial charge is 0.146 e. The highest BCUT2D eigenvalue weighted by molar-refractivity contribution is 5.97. The maximum Gasteiger partial charge on any atom is 0.146 e. The molecule has 0 N–H and O–H groups in total. The molecule has 0 radical (unpaired) electrons. The summed E-state index contributed by atoms with van der Waals surface area (Å²) in [7, 11) is 0. The van der Waals surface area contributed by atoms with Crippen LogP contribution in [0, 0.1) is 28.1 Å². The average Bonchev–Trinajstić information content (AvgIpc) is 2.51. The second-order valence-corrected chi connectivity index (χ2v) is 7.81. The minimum Gasteiger partial charge on any atom is -0.298 e. The van der Waals surface area contributed by atoms with E-state index < -0.39 is 0 Å². The van der Waals surface area contributed by atoms with Crippen LogP contribution in [0.2, 0.25) is 0 Å². The van der Waals surface area contributed by atoms with Gasteiger partial charge in [0, 0.05) is 10.8 Å². The van der Waals surface area contributed by atoms with Crippen LogP contribution < -0.4 is 0 Å². The maximum absolute atomic E-state index is 13.1. The second kappa shape index (κ2) is 2.81. The predicted molar refractivity (Wildman–Crippen MR) is 67.6 cm³/mol. The average molecular weight is 232 g/mol. The molecule has 5 aliphatic rings. The van der Waals surface area contributed by atoms with Gasteiger partial charge in [-0.25, -0.2) is 0 Å². The van der Waals surface area contributed by atoms with Crippen molar-refractivity contribution < 1.29 is 4.79 Å². The molecule has 0 aromatic rings. The fraction of sp³-hybridized carbons (Fsp3) is 0.938. The van der Waals surface area contributed by atoms with E-state index in [2.05, 4.69) is 13.8 Å². The zero-order valence-corrected chi connectivity index (χ0v) is 11.2. The maximum atomic E-state index is 13.1. The highest BCUT2D eigenvalue weighted by Gasteiger charge is 2.79. The second-order valence-electron chi connectivity index (χ2n) is 7.81. The van der Waals surface area contributed by atoms with Gasteiger partial charge < -0.3 is 0 Å². The minimum absolute atomic E-state index is 0.0784. The predicted octanol–water partition coefficient (Wildman–Crippen LogP) is 3.96. The molecule has 0 aromatic heterocycles. The Morgan fingerprint density at radius 3 is 2.65 bits per heavy atom. The monoisotopic (exact) mass is 232 g/mol. The summed E-state index contributed by atoms with van der Waals surface area (Å²) in [5.74, 6) is 2.20. The molecule has 1 unspecified atom stereocenters. The Morgan fingerprint density at radius 2 is 1.82 bits per heavy atom. The molecule has 5 atom stereocenters. The Kier molecular flexibility index (Phi) is 1.75. The van der Waals surface area contributed by atoms with Gasteiger partial charge in [-0.2, -0.15) is 0 Å². The summed E-state index contributed by atoms with van der Waals surface area (Å²) in [6.07, 6.45) is 10.5. The first-order chi connectivity index (χ1) is 8.05. The summed E-state index contributed by atoms with van der Waals surface area (Å²) in [6.45, 7) is 4.75. The molecule has 1 spiro atoms. The highest BCUT2D eigenvalue weighted by Crippen LogP contribution is 2.80. The van der Waals surface area contributed by atoms with Crippen LogP contribution in [-0.4, -0.2) is 5.78 Å². The molecule has 5 rings (SSSR count). The van der Waals surface area contributed by atoms with Gasteiger partial charge in [0.2, 0.25) is 0 Å². The van der Waals surface area contributed by atoms with E-state index in [4.69, 9.17) is 0 Å². The van der Waals surface area contributed by atoms with E-state index in [1.54, 1.807) is 0 Å². The first-order valence-electron chi connectivity index (χ1n) is 7.60. The van der Waals surface area contributed by atoms with Crippen molar-refractivity contribution in [3.63, 3.8) is 0 Å². The van der Waals surface area contributed by atoms with Crippen molar-refractivity contribution in [3.05, 3.63) is 0 Å². The third-order valence-electron chi connectivity index (χ3n) is 7.29. The summed E-state index contributed by atoms with van der Waals surface area (Å²) >= 11 is 0. The van der Waals surface area contributed by atoms with Crippen molar-refractivity contribution in [1.82, 2.24) is 0 Å². The molecular formula is C16H24O. The van der Waals surface area contributed by atoms with Gasteiger partial charge in [-0.05, 0) is 49.4 Å². The van der Waals surface area contributed by atoms with Crippen LogP contribution in [0.5, 0.6) is 0 Å². The standard InChI is InChI=1S/C16H24O/c1-14-9-7-11-12-6-4-3-5-8-16(12,14)13(17)15(11,2)10-14/h11-12H,3-10H2,1-2H3/t11-,12?,14-,15-,16+/m1/s1. The molecule has 5 saturated carbocycles. The van der Waals surface area contributed by atoms with Crippen LogP contribution in [0.1, 0.15) is 65.2 Å². The van der Waals surface area contributed by atoms with Crippen molar-refractivity contribution in [3.8, 4) is 0 Å². The van der Waals surface area contributed by atoms with Crippen LogP contribution in [-0.2, 0) is 4.79 Å². The first kappa shape index (κ1) is 10.6. The van der Waals surface area contributed by atoms with E-state index >= 15 is 0 Å². The topological polar surface area (TPSA) is 17.1 Å². The van der Waals surface area contributed by atoms with Crippen LogP contribution in [0.15, 0.2) is 0 Å². The van der Waals surface area contributed by atoms with Crippen molar-refractivity contribution in [1.29, 1.82) is 0 Å². The largest absolute Gasteiger partial charge is 0.298 e. The SMILES string of the molecule is C[C@]12CC[C@@H]3C4CCCCC[C@@]41C(=O)[C@]3(C)C2. The van der Waals surface area contributed by atoms with E-state index in [1.807, 2.05) is 0 Å². The lowest BCUT2D eigenvalue weighted by atomic mass is 9.47. The molecule has 0 aromatic carbocycles. The van der Waals surface area contributed by atoms with E-state index in [0.717, 1.165) is 11.8 Å². The lowest BCUT2D eigenvalue weighted by Crippen LogP contribution is -2.51. The van der Waals surface area contributed by atoms with E-state index in [0.29, 0.717) is 11.2 Å². The molecule has 0 heterocycles. The zero-order chi connectivity index (χ0) is 11.9. The molecular weight excluding hydrogens is 208 g/mol. The quantitative estimate of drug-likeness (QED) is 0.618. The van der Waals surface area contributed by atoms with Crippen LogP contribution in [0.3, 0.4) is 0 Å². The van der Waals surface area contributed by atoms with Gasteiger partial charge >= 0.3 is 0 Å². The lowest BCUT2D eigenvalue weighted by Gasteiger charge is -2.56. The molecule has 5 aliphatic carbocycles. The number of carbonyl (C=O) groups is 1. The fourth-order valence-electron chi connectivity index (χ4n) is 6.83. The molecule has 4 bridgehead atoms. The van der Waals surface area contributed by atoms with Crippen LogP contribution >= 0.6 is 0 Å². The van der Waals surface area contributed by atoms with Gasteiger partial charge in [-0.1, -0.05) is 33.1 Å². The molecule has 1 heteroatoms. The van der Waals surface area contributed by atoms with Gasteiger partial charge in [0.25, 0.3) is 0 Å². The van der Waals surface area contributed by atoms with Crippen molar-refractivity contribution in [2.45, 2.75) is 65.2 Å². The summed E-state index contributed by atoms with van der Waals surface area (Å²) < 4.78 is 0. The Morgan fingerprint density at radius 1 is 1.00 bits per heavy atom. The minimum atomic E-state index is 0.0784. The molecule has 0 saturated heterocycles. The third-order valence-corrected chi connectivity index (χ3v) is 7.29. The van der Waals surface area contributed by atoms with Crippen molar-refractivity contribution >= 4 is 5.78 Å². The van der Waals surface area contributed by atoms with Crippen molar-refractivity contribution in [2.75, 3.05) is 0 Å². The van der Waals surface area contributed by atoms with Gasteiger partial charge in [-0.3, -0.25) is 4.79 Å². The summed E-state index contributed by atoms with van der Waals surface area (Å²) in [5.41, 5.74) is 0.568. The fourth-order valence-corrected chi connectivity index (χ4v) is 6.83. The number of carbonyl (C=O) groups excluding carboxylic acids is 1. The molecule has 0 amide bonds. The number of ketones is 1. The Labute approximate surface area is 104 Å². The number of rotatable bonds is 0. The van der Waals surface area contributed by atoms with E-state index in [1.165, 1.54) is 51.4 Å². The van der Waals surface area contributed by atoms with Crippen LogP contribution in [0.25, 0.3) is 0 Å². The van der Waals surface area contributed by atoms with Gasteiger partial charge in [-0.15, -0.1) is 0 Å². The zero-order valence-electron chi connectivity index (χ0n) is 11.2. The van der Waals surface area contributed by atoms with Gasteiger partial charge in [0.05, 0.1) is 0 Å². The number of hydrogen-bond acceptors (Lipinski definition) is 1. The lowest BCUT2D eigenvalue weighted by molar-refractivity contribution is -0.134. The van der Waals surface area contributed by atoms with Gasteiger partial charge in [0.15, 0.2) is 0 Å².